The van der Waals surface area contributed by atoms with Crippen molar-refractivity contribution in [2.45, 2.75) is 24.0 Å². The Kier molecular flexibility index (Phi) is 6.47. The minimum atomic E-state index is -4.73. The Labute approximate surface area is 122 Å². The van der Waals surface area contributed by atoms with Crippen molar-refractivity contribution in [1.82, 2.24) is 4.31 Å². The fourth-order valence-corrected chi connectivity index (χ4v) is 3.05. The van der Waals surface area contributed by atoms with Crippen molar-refractivity contribution in [3.63, 3.8) is 0 Å². The van der Waals surface area contributed by atoms with E-state index in [0.717, 1.165) is 22.5 Å². The fraction of sp³-hybridized carbons (Fsp3) is 0.455. The Morgan fingerprint density at radius 1 is 1.30 bits per heavy atom. The first kappa shape index (κ1) is 19.2. The molecule has 0 fully saturated rings. The summed E-state index contributed by atoms with van der Waals surface area (Å²) >= 11 is 0. The zero-order valence-corrected chi connectivity index (χ0v) is 12.5. The predicted molar refractivity (Wildman–Crippen MR) is 72.2 cm³/mol. The van der Waals surface area contributed by atoms with Crippen molar-refractivity contribution in [1.29, 1.82) is 0 Å². The first-order chi connectivity index (χ1) is 8.62. The van der Waals surface area contributed by atoms with Crippen LogP contribution in [0.15, 0.2) is 29.2 Å². The van der Waals surface area contributed by atoms with Gasteiger partial charge in [-0.3, -0.25) is 0 Å². The van der Waals surface area contributed by atoms with Crippen LogP contribution >= 0.6 is 12.4 Å². The number of nitrogens with two attached hydrogens (primary N) is 1. The van der Waals surface area contributed by atoms with Gasteiger partial charge in [-0.05, 0) is 19.1 Å². The molecule has 0 saturated heterocycles. The van der Waals surface area contributed by atoms with Crippen molar-refractivity contribution >= 4 is 22.4 Å². The number of benzene rings is 1. The van der Waals surface area contributed by atoms with Gasteiger partial charge in [0.25, 0.3) is 0 Å². The molecule has 0 aliphatic carbocycles. The van der Waals surface area contributed by atoms with Gasteiger partial charge in [0.05, 0.1) is 10.5 Å². The van der Waals surface area contributed by atoms with Gasteiger partial charge in [0.1, 0.15) is 0 Å². The second-order valence-corrected chi connectivity index (χ2v) is 6.07. The summed E-state index contributed by atoms with van der Waals surface area (Å²) in [4.78, 5) is -0.759. The van der Waals surface area contributed by atoms with Gasteiger partial charge in [0, 0.05) is 19.6 Å². The second kappa shape index (κ2) is 6.75. The summed E-state index contributed by atoms with van der Waals surface area (Å²) in [7, 11) is -3.02. The van der Waals surface area contributed by atoms with Gasteiger partial charge < -0.3 is 5.73 Å². The molecule has 0 radical (unpaired) electrons. The van der Waals surface area contributed by atoms with E-state index in [4.69, 9.17) is 5.73 Å². The van der Waals surface area contributed by atoms with Crippen molar-refractivity contribution in [2.75, 3.05) is 13.6 Å². The molecule has 1 rings (SSSR count). The Balaban J connectivity index is 0.00000361. The Morgan fingerprint density at radius 3 is 2.25 bits per heavy atom. The van der Waals surface area contributed by atoms with Crippen LogP contribution in [0.3, 0.4) is 0 Å². The number of likely N-dealkylation sites (N-methyl/N-ethyl adjacent to an activating group) is 1. The summed E-state index contributed by atoms with van der Waals surface area (Å²) in [5, 5.41) is 0. The Bertz CT molecular complexity index is 549. The van der Waals surface area contributed by atoms with Crippen LogP contribution in [-0.4, -0.2) is 32.4 Å². The first-order valence-corrected chi connectivity index (χ1v) is 6.90. The molecule has 9 heteroatoms. The van der Waals surface area contributed by atoms with E-state index in [1.165, 1.54) is 20.0 Å². The standard InChI is InChI=1S/C11H15F3N2O2S.ClH/c1-8(7-15)16(2)19(17,18)10-6-4-3-5-9(10)11(12,13)14;/h3-6,8H,7,15H2,1-2H3;1H. The Morgan fingerprint density at radius 2 is 1.80 bits per heavy atom. The van der Waals surface area contributed by atoms with Gasteiger partial charge in [0.2, 0.25) is 10.0 Å². The van der Waals surface area contributed by atoms with E-state index < -0.39 is 32.7 Å². The van der Waals surface area contributed by atoms with Crippen LogP contribution in [0.2, 0.25) is 0 Å². The van der Waals surface area contributed by atoms with Gasteiger partial charge in [-0.1, -0.05) is 12.1 Å². The predicted octanol–water partition coefficient (Wildman–Crippen LogP) is 2.09. The summed E-state index contributed by atoms with van der Waals surface area (Å²) < 4.78 is 63.6. The van der Waals surface area contributed by atoms with E-state index in [9.17, 15) is 21.6 Å². The molecule has 1 aromatic carbocycles. The summed E-state index contributed by atoms with van der Waals surface area (Å²) in [5.74, 6) is 0. The average Bonchev–Trinajstić information content (AvgIpc) is 2.35. The zero-order chi connectivity index (χ0) is 14.8. The van der Waals surface area contributed by atoms with Crippen LogP contribution in [0, 0.1) is 0 Å². The molecule has 0 spiro atoms. The SMILES string of the molecule is CC(CN)N(C)S(=O)(=O)c1ccccc1C(F)(F)F.Cl. The van der Waals surface area contributed by atoms with Crippen LogP contribution < -0.4 is 5.73 Å². The number of nitrogens with zero attached hydrogens (tertiary/aromatic N) is 1. The normalized spacial score (nSPS) is 13.9. The minimum Gasteiger partial charge on any atom is -0.329 e. The first-order valence-electron chi connectivity index (χ1n) is 5.46. The summed E-state index contributed by atoms with van der Waals surface area (Å²) in [6.45, 7) is 1.54. The highest BCUT2D eigenvalue weighted by Gasteiger charge is 2.38. The highest BCUT2D eigenvalue weighted by atomic mass is 35.5. The maximum Gasteiger partial charge on any atom is 0.417 e. The zero-order valence-electron chi connectivity index (χ0n) is 10.9. The lowest BCUT2D eigenvalue weighted by atomic mass is 10.2. The number of rotatable bonds is 4. The molecule has 0 aliphatic heterocycles. The molecule has 0 amide bonds. The molecule has 1 atom stereocenters. The quantitative estimate of drug-likeness (QED) is 0.918. The smallest absolute Gasteiger partial charge is 0.329 e. The van der Waals surface area contributed by atoms with E-state index in [1.54, 1.807) is 0 Å². The van der Waals surface area contributed by atoms with E-state index >= 15 is 0 Å². The third kappa shape index (κ3) is 3.85. The lowest BCUT2D eigenvalue weighted by molar-refractivity contribution is -0.139. The lowest BCUT2D eigenvalue weighted by Gasteiger charge is -2.24. The fourth-order valence-electron chi connectivity index (χ4n) is 1.47. The van der Waals surface area contributed by atoms with E-state index in [-0.39, 0.29) is 19.0 Å². The number of halogens is 4. The molecule has 0 bridgehead atoms. The highest BCUT2D eigenvalue weighted by Crippen LogP contribution is 2.35. The van der Waals surface area contributed by atoms with Crippen LogP contribution in [-0.2, 0) is 16.2 Å². The van der Waals surface area contributed by atoms with Crippen molar-refractivity contribution in [3.8, 4) is 0 Å². The van der Waals surface area contributed by atoms with Gasteiger partial charge in [-0.25, -0.2) is 8.42 Å². The maximum absolute atomic E-state index is 12.8. The second-order valence-electron chi connectivity index (χ2n) is 4.10. The number of alkyl halides is 3. The van der Waals surface area contributed by atoms with E-state index in [0.29, 0.717) is 0 Å². The van der Waals surface area contributed by atoms with Crippen LogP contribution in [0.25, 0.3) is 0 Å². The molecule has 0 heterocycles. The highest BCUT2D eigenvalue weighted by molar-refractivity contribution is 7.89. The molecule has 2 N–H and O–H groups in total. The van der Waals surface area contributed by atoms with Gasteiger partial charge >= 0.3 is 6.18 Å². The van der Waals surface area contributed by atoms with E-state index in [2.05, 4.69) is 0 Å². The molecular formula is C11H16ClF3N2O2S. The minimum absolute atomic E-state index is 0. The van der Waals surface area contributed by atoms with Crippen LogP contribution in [0.5, 0.6) is 0 Å². The number of sulfonamides is 1. The summed E-state index contributed by atoms with van der Waals surface area (Å²) in [6.07, 6.45) is -4.73. The maximum atomic E-state index is 12.8. The van der Waals surface area contributed by atoms with Crippen LogP contribution in [0.1, 0.15) is 12.5 Å². The summed E-state index contributed by atoms with van der Waals surface area (Å²) in [5.41, 5.74) is 4.17. The molecule has 0 aromatic heterocycles. The van der Waals surface area contributed by atoms with Crippen molar-refractivity contribution in [2.24, 2.45) is 5.73 Å². The number of hydrogen-bond donors (Lipinski definition) is 1. The molecule has 20 heavy (non-hydrogen) atoms. The molecule has 116 valence electrons. The third-order valence-electron chi connectivity index (χ3n) is 2.81. The molecular weight excluding hydrogens is 317 g/mol. The molecule has 0 aliphatic rings. The lowest BCUT2D eigenvalue weighted by Crippen LogP contribution is -2.40. The summed E-state index contributed by atoms with van der Waals surface area (Å²) in [6, 6.07) is 3.49. The molecule has 0 saturated carbocycles. The molecule has 4 nitrogen and oxygen atoms in total. The van der Waals surface area contributed by atoms with Gasteiger partial charge in [-0.2, -0.15) is 17.5 Å². The average molecular weight is 333 g/mol. The van der Waals surface area contributed by atoms with Crippen molar-refractivity contribution < 1.29 is 21.6 Å². The van der Waals surface area contributed by atoms with Crippen LogP contribution in [0.4, 0.5) is 13.2 Å². The van der Waals surface area contributed by atoms with Gasteiger partial charge in [0.15, 0.2) is 0 Å². The molecule has 1 aromatic rings. The van der Waals surface area contributed by atoms with Gasteiger partial charge in [-0.15, -0.1) is 12.4 Å². The third-order valence-corrected chi connectivity index (χ3v) is 4.84. The molecule has 1 unspecified atom stereocenters. The Hall–Kier alpha value is -0.830. The van der Waals surface area contributed by atoms with Crippen molar-refractivity contribution in [3.05, 3.63) is 29.8 Å². The monoisotopic (exact) mass is 332 g/mol. The topological polar surface area (TPSA) is 63.4 Å². The van der Waals surface area contributed by atoms with E-state index in [1.807, 2.05) is 0 Å². The number of hydrogen-bond acceptors (Lipinski definition) is 3. The largest absolute Gasteiger partial charge is 0.417 e.